The molecule has 1 aliphatic heterocycles. The second-order valence-corrected chi connectivity index (χ2v) is 6.74. The lowest BCUT2D eigenvalue weighted by Crippen LogP contribution is -2.27. The molecule has 0 aliphatic carbocycles. The van der Waals surface area contributed by atoms with E-state index in [1.54, 1.807) is 33.5 Å². The van der Waals surface area contributed by atoms with Gasteiger partial charge in [0, 0.05) is 24.5 Å². The van der Waals surface area contributed by atoms with E-state index in [9.17, 15) is 9.59 Å². The number of hydrazone groups is 1. The van der Waals surface area contributed by atoms with Gasteiger partial charge in [-0.1, -0.05) is 12.1 Å². The minimum absolute atomic E-state index is 0.133. The molecule has 1 atom stereocenters. The molecule has 1 amide bonds. The van der Waals surface area contributed by atoms with Gasteiger partial charge < -0.3 is 19.3 Å². The number of nitrogens with zero attached hydrogens (tertiary/aromatic N) is 2. The van der Waals surface area contributed by atoms with E-state index in [1.165, 1.54) is 5.01 Å². The highest BCUT2D eigenvalue weighted by Crippen LogP contribution is 2.37. The summed E-state index contributed by atoms with van der Waals surface area (Å²) in [6, 6.07) is 12.4. The van der Waals surface area contributed by atoms with Crippen LogP contribution in [0.5, 0.6) is 17.2 Å². The van der Waals surface area contributed by atoms with Gasteiger partial charge in [0.25, 0.3) is 0 Å². The maximum Gasteiger partial charge on any atom is 0.303 e. The molecule has 0 radical (unpaired) electrons. The molecule has 0 bridgehead atoms. The first-order valence-corrected chi connectivity index (χ1v) is 9.44. The Labute approximate surface area is 174 Å². The van der Waals surface area contributed by atoms with E-state index < -0.39 is 5.97 Å². The van der Waals surface area contributed by atoms with Crippen LogP contribution >= 0.6 is 0 Å². The molecule has 8 nitrogen and oxygen atoms in total. The second-order valence-electron chi connectivity index (χ2n) is 6.74. The number of benzene rings is 2. The fraction of sp³-hybridized carbons (Fsp3) is 0.318. The Bertz CT molecular complexity index is 972. The summed E-state index contributed by atoms with van der Waals surface area (Å²) in [5, 5.41) is 14.9. The summed E-state index contributed by atoms with van der Waals surface area (Å²) in [5.41, 5.74) is 2.27. The van der Waals surface area contributed by atoms with Crippen molar-refractivity contribution < 1.29 is 28.9 Å². The SMILES string of the molecule is COc1cccc(C2CC(c3ccc(OC)cc3OC)=NN2C(=O)CCC(=O)O)c1. The van der Waals surface area contributed by atoms with Crippen molar-refractivity contribution in [1.82, 2.24) is 5.01 Å². The largest absolute Gasteiger partial charge is 0.497 e. The highest BCUT2D eigenvalue weighted by Gasteiger charge is 2.34. The van der Waals surface area contributed by atoms with E-state index in [2.05, 4.69) is 5.10 Å². The summed E-state index contributed by atoms with van der Waals surface area (Å²) < 4.78 is 16.1. The number of methoxy groups -OCH3 is 3. The fourth-order valence-electron chi connectivity index (χ4n) is 3.38. The Hall–Kier alpha value is -3.55. The van der Waals surface area contributed by atoms with Crippen molar-refractivity contribution in [2.45, 2.75) is 25.3 Å². The summed E-state index contributed by atoms with van der Waals surface area (Å²) in [5.74, 6) is 0.514. The zero-order valence-corrected chi connectivity index (χ0v) is 17.1. The van der Waals surface area contributed by atoms with Gasteiger partial charge in [-0.2, -0.15) is 5.10 Å². The first-order chi connectivity index (χ1) is 14.5. The smallest absolute Gasteiger partial charge is 0.303 e. The maximum absolute atomic E-state index is 12.8. The van der Waals surface area contributed by atoms with Crippen molar-refractivity contribution >= 4 is 17.6 Å². The molecule has 0 spiro atoms. The minimum atomic E-state index is -1.03. The van der Waals surface area contributed by atoms with E-state index in [4.69, 9.17) is 19.3 Å². The minimum Gasteiger partial charge on any atom is -0.497 e. The molecule has 1 aliphatic rings. The lowest BCUT2D eigenvalue weighted by molar-refractivity contribution is -0.141. The van der Waals surface area contributed by atoms with Gasteiger partial charge in [0.05, 0.1) is 39.5 Å². The number of carboxylic acids is 1. The van der Waals surface area contributed by atoms with Gasteiger partial charge >= 0.3 is 5.97 Å². The fourth-order valence-corrected chi connectivity index (χ4v) is 3.38. The Morgan fingerprint density at radius 3 is 2.43 bits per heavy atom. The molecule has 2 aromatic rings. The van der Waals surface area contributed by atoms with E-state index in [0.717, 1.165) is 11.1 Å². The van der Waals surface area contributed by atoms with Crippen molar-refractivity contribution in [3.05, 3.63) is 53.6 Å². The van der Waals surface area contributed by atoms with Crippen LogP contribution in [-0.2, 0) is 9.59 Å². The van der Waals surface area contributed by atoms with E-state index in [-0.39, 0.29) is 24.8 Å². The average Bonchev–Trinajstić information content (AvgIpc) is 3.22. The third-order valence-electron chi connectivity index (χ3n) is 4.92. The first-order valence-electron chi connectivity index (χ1n) is 9.44. The van der Waals surface area contributed by atoms with Gasteiger partial charge in [-0.05, 0) is 29.8 Å². The molecule has 8 heteroatoms. The summed E-state index contributed by atoms with van der Waals surface area (Å²) in [6.45, 7) is 0. The molecule has 0 saturated heterocycles. The van der Waals surface area contributed by atoms with Crippen LogP contribution in [0.1, 0.15) is 36.4 Å². The number of hydrogen-bond donors (Lipinski definition) is 1. The van der Waals surface area contributed by atoms with E-state index in [1.807, 2.05) is 30.3 Å². The third-order valence-corrected chi connectivity index (χ3v) is 4.92. The van der Waals surface area contributed by atoms with Crippen LogP contribution in [0.2, 0.25) is 0 Å². The maximum atomic E-state index is 12.8. The summed E-state index contributed by atoms with van der Waals surface area (Å²) in [4.78, 5) is 23.7. The average molecular weight is 412 g/mol. The van der Waals surface area contributed by atoms with Crippen LogP contribution in [0.15, 0.2) is 47.6 Å². The van der Waals surface area contributed by atoms with Crippen LogP contribution in [-0.4, -0.2) is 49.0 Å². The topological polar surface area (TPSA) is 97.7 Å². The lowest BCUT2D eigenvalue weighted by atomic mass is 9.97. The van der Waals surface area contributed by atoms with Gasteiger partial charge in [0.1, 0.15) is 17.2 Å². The van der Waals surface area contributed by atoms with Gasteiger partial charge in [0.15, 0.2) is 0 Å². The molecule has 158 valence electrons. The number of amides is 1. The Balaban J connectivity index is 1.98. The van der Waals surface area contributed by atoms with Crippen LogP contribution < -0.4 is 14.2 Å². The van der Waals surface area contributed by atoms with Crippen molar-refractivity contribution in [2.24, 2.45) is 5.10 Å². The zero-order chi connectivity index (χ0) is 21.7. The van der Waals surface area contributed by atoms with E-state index in [0.29, 0.717) is 29.4 Å². The quantitative estimate of drug-likeness (QED) is 0.715. The van der Waals surface area contributed by atoms with Crippen LogP contribution in [0.25, 0.3) is 0 Å². The van der Waals surface area contributed by atoms with Crippen molar-refractivity contribution in [2.75, 3.05) is 21.3 Å². The molecule has 3 rings (SSSR count). The number of carbonyl (C=O) groups is 2. The molecule has 30 heavy (non-hydrogen) atoms. The monoisotopic (exact) mass is 412 g/mol. The number of rotatable bonds is 8. The molecule has 1 N–H and O–H groups in total. The highest BCUT2D eigenvalue weighted by atomic mass is 16.5. The van der Waals surface area contributed by atoms with Crippen molar-refractivity contribution in [3.63, 3.8) is 0 Å². The van der Waals surface area contributed by atoms with E-state index >= 15 is 0 Å². The van der Waals surface area contributed by atoms with Gasteiger partial charge in [-0.15, -0.1) is 0 Å². The van der Waals surface area contributed by atoms with Crippen LogP contribution in [0.3, 0.4) is 0 Å². The molecular weight excluding hydrogens is 388 g/mol. The normalized spacial score (nSPS) is 15.5. The number of hydrogen-bond acceptors (Lipinski definition) is 6. The molecular formula is C22H24N2O6. The summed E-state index contributed by atoms with van der Waals surface area (Å²) in [7, 11) is 4.71. The molecule has 1 unspecified atom stereocenters. The zero-order valence-electron chi connectivity index (χ0n) is 17.1. The van der Waals surface area contributed by atoms with Crippen molar-refractivity contribution in [3.8, 4) is 17.2 Å². The summed E-state index contributed by atoms with van der Waals surface area (Å²) >= 11 is 0. The van der Waals surface area contributed by atoms with Gasteiger partial charge in [-0.25, -0.2) is 5.01 Å². The first kappa shape index (κ1) is 21.2. The third kappa shape index (κ3) is 4.53. The number of carboxylic acid groups (broad SMARTS) is 1. The molecule has 0 saturated carbocycles. The predicted molar refractivity (Wildman–Crippen MR) is 110 cm³/mol. The second kappa shape index (κ2) is 9.30. The molecule has 1 heterocycles. The van der Waals surface area contributed by atoms with Crippen molar-refractivity contribution in [1.29, 1.82) is 0 Å². The predicted octanol–water partition coefficient (Wildman–Crippen LogP) is 3.25. The lowest BCUT2D eigenvalue weighted by Gasteiger charge is -2.22. The standard InChI is InChI=1S/C22H24N2O6/c1-28-15-6-4-5-14(11-15)19-13-18(23-24(19)21(25)9-10-22(26)27)17-8-7-16(29-2)12-20(17)30-3/h4-8,11-12,19H,9-10,13H2,1-3H3,(H,26,27). The van der Waals surface area contributed by atoms with Crippen LogP contribution in [0.4, 0.5) is 0 Å². The Kier molecular flexibility index (Phi) is 6.56. The summed E-state index contributed by atoms with van der Waals surface area (Å²) in [6.07, 6.45) is 0.0673. The highest BCUT2D eigenvalue weighted by molar-refractivity contribution is 6.05. The molecule has 0 aromatic heterocycles. The molecule has 2 aromatic carbocycles. The number of aliphatic carboxylic acids is 1. The van der Waals surface area contributed by atoms with Crippen LogP contribution in [0, 0.1) is 0 Å². The number of carbonyl (C=O) groups excluding carboxylic acids is 1. The number of ether oxygens (including phenoxy) is 3. The Morgan fingerprint density at radius 1 is 1.03 bits per heavy atom. The van der Waals surface area contributed by atoms with Gasteiger partial charge in [-0.3, -0.25) is 9.59 Å². The molecule has 0 fully saturated rings. The Morgan fingerprint density at radius 2 is 1.77 bits per heavy atom. The van der Waals surface area contributed by atoms with Gasteiger partial charge in [0.2, 0.25) is 5.91 Å².